The summed E-state index contributed by atoms with van der Waals surface area (Å²) in [6.07, 6.45) is 1.88. The van der Waals surface area contributed by atoms with Gasteiger partial charge in [-0.25, -0.2) is 0 Å². The van der Waals surface area contributed by atoms with Crippen molar-refractivity contribution in [2.24, 2.45) is 5.73 Å². The molecule has 0 amide bonds. The van der Waals surface area contributed by atoms with E-state index < -0.39 is 0 Å². The van der Waals surface area contributed by atoms with E-state index in [1.54, 1.807) is 0 Å². The van der Waals surface area contributed by atoms with Gasteiger partial charge in [0, 0.05) is 24.5 Å². The molecule has 2 nitrogen and oxygen atoms in total. The van der Waals surface area contributed by atoms with E-state index in [-0.39, 0.29) is 0 Å². The normalized spacial score (nSPS) is 11.9. The zero-order valence-electron chi connectivity index (χ0n) is 7.89. The third kappa shape index (κ3) is 3.71. The SMILES string of the molecule is C=C(/C=C(\C)N)N(C)C(C)C. The van der Waals surface area contributed by atoms with E-state index in [9.17, 15) is 0 Å². The zero-order valence-corrected chi connectivity index (χ0v) is 7.89. The van der Waals surface area contributed by atoms with Crippen LogP contribution in [0.5, 0.6) is 0 Å². The standard InChI is InChI=1S/C9H18N2/c1-7(2)11(5)9(4)6-8(3)10/h6-7H,4,10H2,1-3,5H3/b8-6+. The van der Waals surface area contributed by atoms with Crippen molar-refractivity contribution in [2.75, 3.05) is 7.05 Å². The summed E-state index contributed by atoms with van der Waals surface area (Å²) in [4.78, 5) is 2.08. The highest BCUT2D eigenvalue weighted by Gasteiger charge is 2.02. The molecule has 0 atom stereocenters. The molecule has 0 aliphatic heterocycles. The van der Waals surface area contributed by atoms with Crippen LogP contribution in [0.25, 0.3) is 0 Å². The smallest absolute Gasteiger partial charge is 0.0310 e. The van der Waals surface area contributed by atoms with Crippen LogP contribution < -0.4 is 5.73 Å². The van der Waals surface area contributed by atoms with Crippen molar-refractivity contribution in [3.8, 4) is 0 Å². The topological polar surface area (TPSA) is 29.3 Å². The van der Waals surface area contributed by atoms with Gasteiger partial charge in [0.1, 0.15) is 0 Å². The highest BCUT2D eigenvalue weighted by molar-refractivity contribution is 5.16. The van der Waals surface area contributed by atoms with Crippen LogP contribution in [-0.2, 0) is 0 Å². The highest BCUT2D eigenvalue weighted by Crippen LogP contribution is 2.05. The van der Waals surface area contributed by atoms with Gasteiger partial charge in [-0.3, -0.25) is 0 Å². The number of hydrogen-bond acceptors (Lipinski definition) is 2. The molecule has 0 bridgehead atoms. The molecule has 0 unspecified atom stereocenters. The summed E-state index contributed by atoms with van der Waals surface area (Å²) < 4.78 is 0. The number of nitrogens with zero attached hydrogens (tertiary/aromatic N) is 1. The molecule has 0 heterocycles. The van der Waals surface area contributed by atoms with Crippen LogP contribution >= 0.6 is 0 Å². The molecule has 0 aromatic carbocycles. The molecule has 0 aromatic heterocycles. The molecule has 2 heteroatoms. The summed E-state index contributed by atoms with van der Waals surface area (Å²) >= 11 is 0. The highest BCUT2D eigenvalue weighted by atomic mass is 15.1. The molecule has 64 valence electrons. The minimum absolute atomic E-state index is 0.470. The first kappa shape index (κ1) is 10.1. The summed E-state index contributed by atoms with van der Waals surface area (Å²) in [5.41, 5.74) is 7.26. The van der Waals surface area contributed by atoms with Crippen molar-refractivity contribution in [3.05, 3.63) is 24.0 Å². The number of rotatable bonds is 3. The molecule has 11 heavy (non-hydrogen) atoms. The fourth-order valence-electron chi connectivity index (χ4n) is 0.696. The summed E-state index contributed by atoms with van der Waals surface area (Å²) in [5.74, 6) is 0. The van der Waals surface area contributed by atoms with Gasteiger partial charge in [0.05, 0.1) is 0 Å². The predicted molar refractivity (Wildman–Crippen MR) is 50.0 cm³/mol. The summed E-state index contributed by atoms with van der Waals surface area (Å²) in [7, 11) is 2.01. The molecular weight excluding hydrogens is 136 g/mol. The Bertz CT molecular complexity index is 164. The second-order valence-electron chi connectivity index (χ2n) is 3.08. The Morgan fingerprint density at radius 3 is 2.27 bits per heavy atom. The van der Waals surface area contributed by atoms with Crippen molar-refractivity contribution in [1.29, 1.82) is 0 Å². The van der Waals surface area contributed by atoms with Crippen LogP contribution in [0.4, 0.5) is 0 Å². The van der Waals surface area contributed by atoms with E-state index in [0.29, 0.717) is 6.04 Å². The third-order valence-corrected chi connectivity index (χ3v) is 1.62. The number of likely N-dealkylation sites (N-methyl/N-ethyl adjacent to an activating group) is 1. The Morgan fingerprint density at radius 1 is 1.55 bits per heavy atom. The van der Waals surface area contributed by atoms with Crippen molar-refractivity contribution >= 4 is 0 Å². The van der Waals surface area contributed by atoms with Gasteiger partial charge < -0.3 is 10.6 Å². The molecule has 0 fully saturated rings. The first-order valence-electron chi connectivity index (χ1n) is 3.80. The monoisotopic (exact) mass is 154 g/mol. The first-order chi connectivity index (χ1) is 4.95. The number of nitrogens with two attached hydrogens (primary N) is 1. The van der Waals surface area contributed by atoms with Gasteiger partial charge in [0.25, 0.3) is 0 Å². The van der Waals surface area contributed by atoms with E-state index >= 15 is 0 Å². The molecule has 0 radical (unpaired) electrons. The molecule has 0 rings (SSSR count). The molecule has 2 N–H and O–H groups in total. The first-order valence-corrected chi connectivity index (χ1v) is 3.80. The van der Waals surface area contributed by atoms with Gasteiger partial charge in [0.15, 0.2) is 0 Å². The maximum absolute atomic E-state index is 5.50. The van der Waals surface area contributed by atoms with E-state index in [4.69, 9.17) is 5.73 Å². The van der Waals surface area contributed by atoms with Crippen LogP contribution in [0.15, 0.2) is 24.0 Å². The largest absolute Gasteiger partial charge is 0.402 e. The van der Waals surface area contributed by atoms with Gasteiger partial charge in [0.2, 0.25) is 0 Å². The van der Waals surface area contributed by atoms with Crippen LogP contribution in [0.1, 0.15) is 20.8 Å². The molecule has 0 saturated heterocycles. The molecule has 0 aliphatic carbocycles. The maximum Gasteiger partial charge on any atom is 0.0310 e. The summed E-state index contributed by atoms with van der Waals surface area (Å²) in [5, 5.41) is 0. The molecule has 0 aromatic rings. The second-order valence-corrected chi connectivity index (χ2v) is 3.08. The minimum Gasteiger partial charge on any atom is -0.402 e. The Hall–Kier alpha value is -0.920. The van der Waals surface area contributed by atoms with Gasteiger partial charge in [-0.2, -0.15) is 0 Å². The van der Waals surface area contributed by atoms with Crippen LogP contribution in [0, 0.1) is 0 Å². The van der Waals surface area contributed by atoms with E-state index in [0.717, 1.165) is 11.4 Å². The Balaban J connectivity index is 4.15. The Morgan fingerprint density at radius 2 is 2.00 bits per heavy atom. The van der Waals surface area contributed by atoms with Gasteiger partial charge in [-0.05, 0) is 26.8 Å². The lowest BCUT2D eigenvalue weighted by atomic mass is 10.3. The molecule has 0 saturated carbocycles. The minimum atomic E-state index is 0.470. The molecule has 0 aliphatic rings. The zero-order chi connectivity index (χ0) is 9.02. The number of allylic oxidation sites excluding steroid dienone is 2. The van der Waals surface area contributed by atoms with Crippen LogP contribution in [-0.4, -0.2) is 18.0 Å². The Labute approximate surface area is 69.4 Å². The lowest BCUT2D eigenvalue weighted by Gasteiger charge is -2.23. The second kappa shape index (κ2) is 4.06. The van der Waals surface area contributed by atoms with Gasteiger partial charge >= 0.3 is 0 Å². The summed E-state index contributed by atoms with van der Waals surface area (Å²) in [6.45, 7) is 9.98. The van der Waals surface area contributed by atoms with Crippen LogP contribution in [0.3, 0.4) is 0 Å². The average molecular weight is 154 g/mol. The van der Waals surface area contributed by atoms with E-state index in [1.165, 1.54) is 0 Å². The lowest BCUT2D eigenvalue weighted by Crippen LogP contribution is -2.24. The number of hydrogen-bond donors (Lipinski definition) is 1. The van der Waals surface area contributed by atoms with Crippen LogP contribution in [0.2, 0.25) is 0 Å². The van der Waals surface area contributed by atoms with Gasteiger partial charge in [-0.15, -0.1) is 0 Å². The maximum atomic E-state index is 5.50. The van der Waals surface area contributed by atoms with Crippen molar-refractivity contribution in [3.63, 3.8) is 0 Å². The van der Waals surface area contributed by atoms with Gasteiger partial charge in [-0.1, -0.05) is 6.58 Å². The van der Waals surface area contributed by atoms with E-state index in [2.05, 4.69) is 25.3 Å². The van der Waals surface area contributed by atoms with Crippen molar-refractivity contribution in [2.45, 2.75) is 26.8 Å². The third-order valence-electron chi connectivity index (χ3n) is 1.62. The fourth-order valence-corrected chi connectivity index (χ4v) is 0.696. The summed E-state index contributed by atoms with van der Waals surface area (Å²) in [6, 6.07) is 0.470. The van der Waals surface area contributed by atoms with E-state index in [1.807, 2.05) is 20.0 Å². The van der Waals surface area contributed by atoms with Crippen molar-refractivity contribution in [1.82, 2.24) is 4.90 Å². The quantitative estimate of drug-likeness (QED) is 0.627. The fraction of sp³-hybridized carbons (Fsp3) is 0.556. The van der Waals surface area contributed by atoms with Crippen molar-refractivity contribution < 1.29 is 0 Å². The molecule has 0 spiro atoms. The average Bonchev–Trinajstić information content (AvgIpc) is 1.84. The Kier molecular flexibility index (Phi) is 3.72. The lowest BCUT2D eigenvalue weighted by molar-refractivity contribution is 0.355. The molecular formula is C9H18N2. The predicted octanol–water partition coefficient (Wildman–Crippen LogP) is 1.70.